The van der Waals surface area contributed by atoms with Gasteiger partial charge in [0, 0.05) is 27.8 Å². The molecule has 0 aliphatic rings. The van der Waals surface area contributed by atoms with E-state index in [0.717, 1.165) is 28.9 Å². The van der Waals surface area contributed by atoms with Crippen LogP contribution in [0.1, 0.15) is 11.8 Å². The van der Waals surface area contributed by atoms with Gasteiger partial charge in [-0.25, -0.2) is 0 Å². The molecule has 0 atom stereocenters. The maximum atomic E-state index is 4.19. The Labute approximate surface area is 113 Å². The Morgan fingerprint density at radius 3 is 2.65 bits per heavy atom. The molecule has 2 aromatic heterocycles. The summed E-state index contributed by atoms with van der Waals surface area (Å²) in [5, 5.41) is 8.69. The van der Waals surface area contributed by atoms with E-state index in [4.69, 9.17) is 0 Å². The minimum absolute atomic E-state index is 0.827. The van der Waals surface area contributed by atoms with Crippen LogP contribution in [-0.2, 0) is 6.54 Å². The van der Waals surface area contributed by atoms with Gasteiger partial charge in [-0.1, -0.05) is 0 Å². The van der Waals surface area contributed by atoms with E-state index in [1.807, 2.05) is 12.4 Å². The second kappa shape index (κ2) is 6.02. The zero-order valence-corrected chi connectivity index (χ0v) is 11.9. The van der Waals surface area contributed by atoms with Crippen molar-refractivity contribution in [2.45, 2.75) is 13.5 Å². The molecule has 0 spiro atoms. The minimum Gasteiger partial charge on any atom is -0.384 e. The molecule has 0 aliphatic carbocycles. The third kappa shape index (κ3) is 3.71. The first-order valence-electron chi connectivity index (χ1n) is 5.43. The van der Waals surface area contributed by atoms with E-state index in [2.05, 4.69) is 56.0 Å². The van der Waals surface area contributed by atoms with E-state index in [-0.39, 0.29) is 0 Å². The van der Waals surface area contributed by atoms with Crippen LogP contribution in [0.25, 0.3) is 0 Å². The van der Waals surface area contributed by atoms with Crippen molar-refractivity contribution < 1.29 is 0 Å². The first-order chi connectivity index (χ1) is 8.28. The van der Waals surface area contributed by atoms with Gasteiger partial charge in [0.15, 0.2) is 0 Å². The Morgan fingerprint density at radius 2 is 2.00 bits per heavy atom. The molecule has 3 nitrogen and oxygen atoms in total. The Bertz CT molecular complexity index is 484. The first kappa shape index (κ1) is 12.4. The third-order valence-electron chi connectivity index (χ3n) is 2.21. The van der Waals surface area contributed by atoms with Crippen molar-refractivity contribution in [3.05, 3.63) is 39.3 Å². The van der Waals surface area contributed by atoms with E-state index >= 15 is 0 Å². The van der Waals surface area contributed by atoms with Gasteiger partial charge >= 0.3 is 0 Å². The van der Waals surface area contributed by atoms with Crippen LogP contribution < -0.4 is 10.6 Å². The summed E-state index contributed by atoms with van der Waals surface area (Å²) in [5.41, 5.74) is 2.08. The van der Waals surface area contributed by atoms with Gasteiger partial charge in [0.05, 0.1) is 23.8 Å². The van der Waals surface area contributed by atoms with Crippen LogP contribution in [0.5, 0.6) is 0 Å². The van der Waals surface area contributed by atoms with Gasteiger partial charge in [0.2, 0.25) is 0 Å². The molecule has 0 saturated heterocycles. The Morgan fingerprint density at radius 1 is 1.24 bits per heavy atom. The van der Waals surface area contributed by atoms with Gasteiger partial charge in [-0.05, 0) is 35.0 Å². The predicted octanol–water partition coefficient (Wildman–Crippen LogP) is 3.95. The van der Waals surface area contributed by atoms with Gasteiger partial charge in [-0.15, -0.1) is 11.3 Å². The van der Waals surface area contributed by atoms with Gasteiger partial charge in [-0.2, -0.15) is 0 Å². The molecule has 0 unspecified atom stereocenters. The summed E-state index contributed by atoms with van der Waals surface area (Å²) >= 11 is 5.19. The van der Waals surface area contributed by atoms with Crippen LogP contribution in [0.2, 0.25) is 0 Å². The fourth-order valence-electron chi connectivity index (χ4n) is 1.47. The summed E-state index contributed by atoms with van der Waals surface area (Å²) in [7, 11) is 0. The van der Waals surface area contributed by atoms with Crippen LogP contribution in [-0.4, -0.2) is 11.5 Å². The Balaban J connectivity index is 1.96. The number of rotatable bonds is 5. The molecule has 5 heteroatoms. The van der Waals surface area contributed by atoms with Crippen molar-refractivity contribution in [3.8, 4) is 0 Å². The van der Waals surface area contributed by atoms with Gasteiger partial charge in [0.1, 0.15) is 0 Å². The predicted molar refractivity (Wildman–Crippen MR) is 77.7 cm³/mol. The van der Waals surface area contributed by atoms with Crippen molar-refractivity contribution >= 4 is 38.6 Å². The summed E-state index contributed by atoms with van der Waals surface area (Å²) < 4.78 is 1.14. The molecule has 0 bridgehead atoms. The van der Waals surface area contributed by atoms with E-state index in [1.165, 1.54) is 4.88 Å². The monoisotopic (exact) mass is 311 g/mol. The molecule has 0 saturated carbocycles. The van der Waals surface area contributed by atoms with Crippen molar-refractivity contribution in [1.29, 1.82) is 0 Å². The molecule has 0 fully saturated rings. The van der Waals surface area contributed by atoms with E-state index < -0.39 is 0 Å². The number of nitrogens with zero attached hydrogens (tertiary/aromatic N) is 1. The summed E-state index contributed by atoms with van der Waals surface area (Å²) in [5.74, 6) is 0. The molecule has 90 valence electrons. The molecule has 2 rings (SSSR count). The second-order valence-electron chi connectivity index (χ2n) is 3.58. The summed E-state index contributed by atoms with van der Waals surface area (Å²) in [6.07, 6.45) is 3.67. The third-order valence-corrected chi connectivity index (χ3v) is 3.91. The average Bonchev–Trinajstić information content (AvgIpc) is 2.74. The lowest BCUT2D eigenvalue weighted by Gasteiger charge is -2.07. The number of nitrogens with one attached hydrogen (secondary N) is 2. The maximum Gasteiger partial charge on any atom is 0.0550 e. The Hall–Kier alpha value is -1.07. The first-order valence-corrected chi connectivity index (χ1v) is 7.11. The fraction of sp³-hybridized carbons (Fsp3) is 0.250. The van der Waals surface area contributed by atoms with Crippen LogP contribution >= 0.6 is 27.3 Å². The molecule has 2 aromatic rings. The average molecular weight is 312 g/mol. The molecule has 2 N–H and O–H groups in total. The molecule has 0 aromatic carbocycles. The molecule has 17 heavy (non-hydrogen) atoms. The molecule has 0 aliphatic heterocycles. The minimum atomic E-state index is 0.827. The summed E-state index contributed by atoms with van der Waals surface area (Å²) in [4.78, 5) is 5.49. The van der Waals surface area contributed by atoms with Crippen molar-refractivity contribution in [1.82, 2.24) is 4.98 Å². The van der Waals surface area contributed by atoms with Gasteiger partial charge in [-0.3, -0.25) is 4.98 Å². The highest BCUT2D eigenvalue weighted by atomic mass is 79.9. The standard InChI is InChI=1S/C12H14BrN3S/c1-2-15-10-4-11(6-14-5-10)16-7-12-3-9(13)8-17-12/h3-6,8,15-16H,2,7H2,1H3. The number of pyridine rings is 1. The topological polar surface area (TPSA) is 37.0 Å². The molecule has 0 radical (unpaired) electrons. The smallest absolute Gasteiger partial charge is 0.0550 e. The highest BCUT2D eigenvalue weighted by Crippen LogP contribution is 2.21. The van der Waals surface area contributed by atoms with E-state index in [9.17, 15) is 0 Å². The van der Waals surface area contributed by atoms with Crippen molar-refractivity contribution in [2.75, 3.05) is 17.2 Å². The molecule has 2 heterocycles. The van der Waals surface area contributed by atoms with Crippen LogP contribution in [0.15, 0.2) is 34.4 Å². The number of aromatic nitrogens is 1. The lowest BCUT2D eigenvalue weighted by Crippen LogP contribution is -2.01. The van der Waals surface area contributed by atoms with Gasteiger partial charge < -0.3 is 10.6 Å². The molecular weight excluding hydrogens is 298 g/mol. The number of halogens is 1. The zero-order chi connectivity index (χ0) is 12.1. The van der Waals surface area contributed by atoms with Crippen molar-refractivity contribution in [3.63, 3.8) is 0 Å². The quantitative estimate of drug-likeness (QED) is 0.878. The van der Waals surface area contributed by atoms with Crippen LogP contribution in [0, 0.1) is 0 Å². The van der Waals surface area contributed by atoms with E-state index in [0.29, 0.717) is 0 Å². The summed E-state index contributed by atoms with van der Waals surface area (Å²) in [6.45, 7) is 3.81. The number of thiophene rings is 1. The van der Waals surface area contributed by atoms with E-state index in [1.54, 1.807) is 11.3 Å². The number of hydrogen-bond donors (Lipinski definition) is 2. The lowest BCUT2D eigenvalue weighted by molar-refractivity contribution is 1.15. The van der Waals surface area contributed by atoms with Crippen LogP contribution in [0.3, 0.4) is 0 Å². The highest BCUT2D eigenvalue weighted by Gasteiger charge is 1.99. The summed E-state index contributed by atoms with van der Waals surface area (Å²) in [6, 6.07) is 4.19. The second-order valence-corrected chi connectivity index (χ2v) is 5.49. The fourth-order valence-corrected chi connectivity index (χ4v) is 2.86. The largest absolute Gasteiger partial charge is 0.384 e. The number of hydrogen-bond acceptors (Lipinski definition) is 4. The molecular formula is C12H14BrN3S. The van der Waals surface area contributed by atoms with Crippen LogP contribution in [0.4, 0.5) is 11.4 Å². The SMILES string of the molecule is CCNc1cncc(NCc2cc(Br)cs2)c1. The Kier molecular flexibility index (Phi) is 4.39. The normalized spacial score (nSPS) is 10.2. The maximum absolute atomic E-state index is 4.19. The van der Waals surface area contributed by atoms with Gasteiger partial charge in [0.25, 0.3) is 0 Å². The zero-order valence-electron chi connectivity index (χ0n) is 9.53. The lowest BCUT2D eigenvalue weighted by atomic mass is 10.3. The highest BCUT2D eigenvalue weighted by molar-refractivity contribution is 9.10. The van der Waals surface area contributed by atoms with Crippen molar-refractivity contribution in [2.24, 2.45) is 0 Å². The number of anilines is 2. The molecule has 0 amide bonds.